The Morgan fingerprint density at radius 3 is 2.79 bits per heavy atom. The second-order valence-electron chi connectivity index (χ2n) is 3.99. The fourth-order valence-electron chi connectivity index (χ4n) is 1.59. The SMILES string of the molecule is COCCCN(C)C(=O)c1ccc(Cl)cc1[N+](=O)[O-]. The van der Waals surface area contributed by atoms with Crippen molar-refractivity contribution in [2.45, 2.75) is 6.42 Å². The van der Waals surface area contributed by atoms with Crippen LogP contribution in [0.15, 0.2) is 18.2 Å². The number of halogens is 1. The molecule has 1 aromatic rings. The third-order valence-corrected chi connectivity index (χ3v) is 2.81. The molecule has 0 saturated carbocycles. The molecule has 0 aliphatic rings. The molecule has 0 unspecified atom stereocenters. The number of nitrogens with zero attached hydrogens (tertiary/aromatic N) is 2. The Bertz CT molecular complexity index is 479. The van der Waals surface area contributed by atoms with Crippen molar-refractivity contribution in [3.8, 4) is 0 Å². The van der Waals surface area contributed by atoms with Gasteiger partial charge in [0.2, 0.25) is 0 Å². The molecule has 0 bridgehead atoms. The van der Waals surface area contributed by atoms with Crippen LogP contribution in [0.1, 0.15) is 16.8 Å². The molecule has 0 saturated heterocycles. The minimum atomic E-state index is -0.609. The Balaban J connectivity index is 2.89. The Kier molecular flexibility index (Phi) is 5.72. The smallest absolute Gasteiger partial charge is 0.283 e. The highest BCUT2D eigenvalue weighted by Gasteiger charge is 2.22. The molecule has 1 rings (SSSR count). The average molecular weight is 287 g/mol. The van der Waals surface area contributed by atoms with E-state index in [0.29, 0.717) is 19.6 Å². The summed E-state index contributed by atoms with van der Waals surface area (Å²) in [7, 11) is 3.17. The van der Waals surface area contributed by atoms with Crippen molar-refractivity contribution in [1.82, 2.24) is 4.90 Å². The number of carbonyl (C=O) groups excluding carboxylic acids is 1. The molecule has 104 valence electrons. The minimum Gasteiger partial charge on any atom is -0.385 e. The predicted octanol–water partition coefficient (Wildman–Crippen LogP) is 2.36. The number of hydrogen-bond donors (Lipinski definition) is 0. The number of carbonyl (C=O) groups is 1. The molecule has 0 aliphatic carbocycles. The van der Waals surface area contributed by atoms with Gasteiger partial charge in [-0.05, 0) is 18.6 Å². The fourth-order valence-corrected chi connectivity index (χ4v) is 1.76. The van der Waals surface area contributed by atoms with E-state index in [1.54, 1.807) is 14.2 Å². The van der Waals surface area contributed by atoms with Crippen molar-refractivity contribution in [3.05, 3.63) is 38.9 Å². The van der Waals surface area contributed by atoms with Gasteiger partial charge in [-0.1, -0.05) is 11.6 Å². The van der Waals surface area contributed by atoms with E-state index >= 15 is 0 Å². The number of ether oxygens (including phenoxy) is 1. The van der Waals surface area contributed by atoms with Crippen LogP contribution >= 0.6 is 11.6 Å². The molecular weight excluding hydrogens is 272 g/mol. The number of hydrogen-bond acceptors (Lipinski definition) is 4. The van der Waals surface area contributed by atoms with E-state index in [1.807, 2.05) is 0 Å². The van der Waals surface area contributed by atoms with Crippen molar-refractivity contribution in [1.29, 1.82) is 0 Å². The lowest BCUT2D eigenvalue weighted by Crippen LogP contribution is -2.28. The standard InChI is InChI=1S/C12H15ClN2O4/c1-14(6-3-7-19-2)12(16)10-5-4-9(13)8-11(10)15(17)18/h4-5,8H,3,6-7H2,1-2H3. The van der Waals surface area contributed by atoms with Crippen molar-refractivity contribution in [2.24, 2.45) is 0 Å². The van der Waals surface area contributed by atoms with Gasteiger partial charge in [0.15, 0.2) is 0 Å². The number of methoxy groups -OCH3 is 1. The van der Waals surface area contributed by atoms with Crippen molar-refractivity contribution < 1.29 is 14.5 Å². The van der Waals surface area contributed by atoms with Gasteiger partial charge >= 0.3 is 0 Å². The van der Waals surface area contributed by atoms with Gasteiger partial charge in [-0.25, -0.2) is 0 Å². The molecule has 7 heteroatoms. The van der Waals surface area contributed by atoms with Gasteiger partial charge in [-0.15, -0.1) is 0 Å². The van der Waals surface area contributed by atoms with Gasteiger partial charge in [-0.3, -0.25) is 14.9 Å². The number of rotatable bonds is 6. The summed E-state index contributed by atoms with van der Waals surface area (Å²) in [5, 5.41) is 11.1. The Morgan fingerprint density at radius 2 is 2.21 bits per heavy atom. The molecule has 0 heterocycles. The molecule has 19 heavy (non-hydrogen) atoms. The summed E-state index contributed by atoms with van der Waals surface area (Å²) >= 11 is 5.70. The van der Waals surface area contributed by atoms with Gasteiger partial charge in [0.05, 0.1) is 4.92 Å². The monoisotopic (exact) mass is 286 g/mol. The van der Waals surface area contributed by atoms with Crippen LogP contribution in [-0.2, 0) is 4.74 Å². The molecule has 0 spiro atoms. The zero-order chi connectivity index (χ0) is 14.4. The molecule has 0 N–H and O–H groups in total. The molecular formula is C12H15ClN2O4. The molecule has 0 radical (unpaired) electrons. The van der Waals surface area contributed by atoms with Gasteiger partial charge in [0, 0.05) is 38.4 Å². The first-order valence-corrected chi connectivity index (χ1v) is 6.03. The predicted molar refractivity (Wildman–Crippen MR) is 71.6 cm³/mol. The summed E-state index contributed by atoms with van der Waals surface area (Å²) in [6.45, 7) is 0.993. The van der Waals surface area contributed by atoms with Crippen molar-refractivity contribution in [2.75, 3.05) is 27.3 Å². The molecule has 0 aliphatic heterocycles. The summed E-state index contributed by atoms with van der Waals surface area (Å²) < 4.78 is 4.89. The highest BCUT2D eigenvalue weighted by Crippen LogP contribution is 2.24. The molecule has 0 aromatic heterocycles. The Morgan fingerprint density at radius 1 is 1.53 bits per heavy atom. The quantitative estimate of drug-likeness (QED) is 0.457. The third-order valence-electron chi connectivity index (χ3n) is 2.58. The zero-order valence-electron chi connectivity index (χ0n) is 10.8. The zero-order valence-corrected chi connectivity index (χ0v) is 11.5. The number of nitro benzene ring substituents is 1. The van der Waals surface area contributed by atoms with Crippen molar-refractivity contribution in [3.63, 3.8) is 0 Å². The summed E-state index contributed by atoms with van der Waals surface area (Å²) in [6.07, 6.45) is 0.667. The number of benzene rings is 1. The number of amides is 1. The Labute approximate surface area is 116 Å². The summed E-state index contributed by atoms with van der Waals surface area (Å²) in [6, 6.07) is 4.01. The van der Waals surface area contributed by atoms with Crippen LogP contribution in [0.4, 0.5) is 5.69 Å². The molecule has 1 amide bonds. The fraction of sp³-hybridized carbons (Fsp3) is 0.417. The second kappa shape index (κ2) is 7.06. The van der Waals surface area contributed by atoms with E-state index < -0.39 is 10.8 Å². The van der Waals surface area contributed by atoms with Crippen LogP contribution in [0, 0.1) is 10.1 Å². The maximum Gasteiger partial charge on any atom is 0.283 e. The van der Waals surface area contributed by atoms with Crippen LogP contribution in [0.5, 0.6) is 0 Å². The molecule has 0 atom stereocenters. The van der Waals surface area contributed by atoms with E-state index in [1.165, 1.54) is 23.1 Å². The van der Waals surface area contributed by atoms with Gasteiger partial charge in [0.25, 0.3) is 11.6 Å². The second-order valence-corrected chi connectivity index (χ2v) is 4.43. The molecule has 1 aromatic carbocycles. The van der Waals surface area contributed by atoms with Crippen LogP contribution in [-0.4, -0.2) is 43.0 Å². The lowest BCUT2D eigenvalue weighted by atomic mass is 10.1. The van der Waals surface area contributed by atoms with Gasteiger partial charge in [0.1, 0.15) is 5.56 Å². The highest BCUT2D eigenvalue weighted by molar-refractivity contribution is 6.31. The highest BCUT2D eigenvalue weighted by atomic mass is 35.5. The minimum absolute atomic E-state index is 0.0364. The first-order chi connectivity index (χ1) is 8.97. The van der Waals surface area contributed by atoms with E-state index in [0.717, 1.165) is 0 Å². The lowest BCUT2D eigenvalue weighted by Gasteiger charge is -2.16. The summed E-state index contributed by atoms with van der Waals surface area (Å²) in [5.41, 5.74) is -0.245. The van der Waals surface area contributed by atoms with Crippen molar-refractivity contribution >= 4 is 23.2 Å². The van der Waals surface area contributed by atoms with Crippen LogP contribution in [0.25, 0.3) is 0 Å². The van der Waals surface area contributed by atoms with Gasteiger partial charge in [-0.2, -0.15) is 0 Å². The third kappa shape index (κ3) is 4.18. The van der Waals surface area contributed by atoms with E-state index in [4.69, 9.17) is 16.3 Å². The van der Waals surface area contributed by atoms with Crippen LogP contribution in [0.2, 0.25) is 5.02 Å². The molecule has 6 nitrogen and oxygen atoms in total. The first-order valence-electron chi connectivity index (χ1n) is 5.65. The maximum atomic E-state index is 12.1. The van der Waals surface area contributed by atoms with Crippen LogP contribution < -0.4 is 0 Å². The summed E-state index contributed by atoms with van der Waals surface area (Å²) in [5.74, 6) is -0.403. The van der Waals surface area contributed by atoms with Crippen LogP contribution in [0.3, 0.4) is 0 Å². The molecule has 0 fully saturated rings. The first kappa shape index (κ1) is 15.4. The average Bonchev–Trinajstić information content (AvgIpc) is 2.38. The maximum absolute atomic E-state index is 12.1. The Hall–Kier alpha value is -1.66. The number of nitro groups is 1. The summed E-state index contributed by atoms with van der Waals surface area (Å²) in [4.78, 5) is 23.8. The lowest BCUT2D eigenvalue weighted by molar-refractivity contribution is -0.385. The van der Waals surface area contributed by atoms with E-state index in [-0.39, 0.29) is 16.3 Å². The van der Waals surface area contributed by atoms with E-state index in [2.05, 4.69) is 0 Å². The topological polar surface area (TPSA) is 72.7 Å². The van der Waals surface area contributed by atoms with E-state index in [9.17, 15) is 14.9 Å². The largest absolute Gasteiger partial charge is 0.385 e. The normalized spacial score (nSPS) is 10.3. The van der Waals surface area contributed by atoms with Gasteiger partial charge < -0.3 is 9.64 Å².